The first-order chi connectivity index (χ1) is 12.0. The van der Waals surface area contributed by atoms with Gasteiger partial charge in [0.15, 0.2) is 0 Å². The Labute approximate surface area is 143 Å². The fraction of sp³-hybridized carbons (Fsp3) is 0.250. The van der Waals surface area contributed by atoms with Crippen LogP contribution in [-0.2, 0) is 22.6 Å². The average molecular weight is 345 g/mol. The summed E-state index contributed by atoms with van der Waals surface area (Å²) in [5, 5.41) is 23.4. The SMILES string of the molecule is CNCCc1c[nH]c2ccc(Cn3cncn3)cc12.O=C(O)C(=O)O. The average Bonchev–Trinajstić information content (AvgIpc) is 3.23. The molecule has 132 valence electrons. The molecule has 2 aromatic heterocycles. The molecule has 3 aromatic rings. The van der Waals surface area contributed by atoms with Gasteiger partial charge in [0.25, 0.3) is 0 Å². The first-order valence-corrected chi connectivity index (χ1v) is 7.53. The molecule has 9 heteroatoms. The summed E-state index contributed by atoms with van der Waals surface area (Å²) >= 11 is 0. The molecule has 0 aliphatic rings. The van der Waals surface area contributed by atoms with Gasteiger partial charge in [0.2, 0.25) is 0 Å². The van der Waals surface area contributed by atoms with Gasteiger partial charge in [-0.3, -0.25) is 0 Å². The van der Waals surface area contributed by atoms with Gasteiger partial charge in [-0.05, 0) is 43.3 Å². The predicted molar refractivity (Wildman–Crippen MR) is 90.3 cm³/mol. The maximum Gasteiger partial charge on any atom is 0.414 e. The molecule has 1 aromatic carbocycles. The fourth-order valence-corrected chi connectivity index (χ4v) is 2.29. The maximum absolute atomic E-state index is 9.10. The molecule has 9 nitrogen and oxygen atoms in total. The molecule has 0 saturated carbocycles. The first-order valence-electron chi connectivity index (χ1n) is 7.53. The van der Waals surface area contributed by atoms with Gasteiger partial charge in [-0.25, -0.2) is 19.3 Å². The molecule has 0 saturated heterocycles. The van der Waals surface area contributed by atoms with Crippen LogP contribution in [0.5, 0.6) is 0 Å². The molecule has 0 unspecified atom stereocenters. The van der Waals surface area contributed by atoms with Gasteiger partial charge in [-0.2, -0.15) is 5.10 Å². The zero-order valence-corrected chi connectivity index (χ0v) is 13.6. The standard InChI is InChI=1S/C14H17N5.C2H2O4/c1-15-5-4-12-7-17-14-3-2-11(6-13(12)14)8-19-10-16-9-18-19;3-1(4)2(5)6/h2-3,6-7,9-10,15,17H,4-5,8H2,1H3;(H,3,4)(H,5,6). The summed E-state index contributed by atoms with van der Waals surface area (Å²) in [6.45, 7) is 1.74. The highest BCUT2D eigenvalue weighted by Gasteiger charge is 2.05. The molecule has 0 amide bonds. The van der Waals surface area contributed by atoms with Crippen molar-refractivity contribution in [3.8, 4) is 0 Å². The molecule has 0 bridgehead atoms. The number of carboxylic acid groups (broad SMARTS) is 2. The van der Waals surface area contributed by atoms with E-state index in [1.54, 1.807) is 12.7 Å². The molecule has 0 fully saturated rings. The van der Waals surface area contributed by atoms with Crippen molar-refractivity contribution in [3.05, 3.63) is 48.2 Å². The summed E-state index contributed by atoms with van der Waals surface area (Å²) in [5.74, 6) is -3.65. The van der Waals surface area contributed by atoms with Crippen molar-refractivity contribution in [2.45, 2.75) is 13.0 Å². The number of rotatable bonds is 5. The van der Waals surface area contributed by atoms with Gasteiger partial charge in [0, 0.05) is 17.1 Å². The third kappa shape index (κ3) is 5.15. The summed E-state index contributed by atoms with van der Waals surface area (Å²) < 4.78 is 1.83. The van der Waals surface area contributed by atoms with Crippen LogP contribution in [0.3, 0.4) is 0 Å². The van der Waals surface area contributed by atoms with E-state index in [1.165, 1.54) is 22.0 Å². The van der Waals surface area contributed by atoms with E-state index in [0.717, 1.165) is 19.5 Å². The van der Waals surface area contributed by atoms with Gasteiger partial charge in [0.05, 0.1) is 6.54 Å². The largest absolute Gasteiger partial charge is 0.473 e. The summed E-state index contributed by atoms with van der Waals surface area (Å²) in [6.07, 6.45) is 6.43. The normalized spacial score (nSPS) is 10.3. The van der Waals surface area contributed by atoms with Crippen molar-refractivity contribution in [3.63, 3.8) is 0 Å². The molecule has 4 N–H and O–H groups in total. The van der Waals surface area contributed by atoms with Gasteiger partial charge in [-0.1, -0.05) is 6.07 Å². The van der Waals surface area contributed by atoms with E-state index in [-0.39, 0.29) is 0 Å². The summed E-state index contributed by atoms with van der Waals surface area (Å²) in [5.41, 5.74) is 3.78. The topological polar surface area (TPSA) is 133 Å². The van der Waals surface area contributed by atoms with E-state index in [9.17, 15) is 0 Å². The van der Waals surface area contributed by atoms with Crippen LogP contribution in [0.15, 0.2) is 37.1 Å². The Morgan fingerprint density at radius 1 is 1.28 bits per heavy atom. The van der Waals surface area contributed by atoms with Crippen molar-refractivity contribution < 1.29 is 19.8 Å². The van der Waals surface area contributed by atoms with E-state index in [2.05, 4.69) is 44.8 Å². The lowest BCUT2D eigenvalue weighted by Crippen LogP contribution is -2.09. The minimum Gasteiger partial charge on any atom is -0.473 e. The van der Waals surface area contributed by atoms with Crippen molar-refractivity contribution in [1.29, 1.82) is 0 Å². The van der Waals surface area contributed by atoms with Crippen LogP contribution < -0.4 is 5.32 Å². The number of hydrogen-bond acceptors (Lipinski definition) is 5. The number of aromatic nitrogens is 4. The number of carboxylic acids is 2. The van der Waals surface area contributed by atoms with Crippen molar-refractivity contribution in [2.75, 3.05) is 13.6 Å². The highest BCUT2D eigenvalue weighted by Crippen LogP contribution is 2.20. The number of likely N-dealkylation sites (N-methyl/N-ethyl adjacent to an activating group) is 1. The fourth-order valence-electron chi connectivity index (χ4n) is 2.29. The molecule has 0 aliphatic carbocycles. The maximum atomic E-state index is 9.10. The van der Waals surface area contributed by atoms with E-state index >= 15 is 0 Å². The molecule has 3 rings (SSSR count). The number of nitrogens with one attached hydrogen (secondary N) is 2. The smallest absolute Gasteiger partial charge is 0.414 e. The predicted octanol–water partition coefficient (Wildman–Crippen LogP) is 0.725. The van der Waals surface area contributed by atoms with Gasteiger partial charge in [0.1, 0.15) is 12.7 Å². The Morgan fingerprint density at radius 3 is 2.64 bits per heavy atom. The number of hydrogen-bond donors (Lipinski definition) is 4. The van der Waals surface area contributed by atoms with Crippen molar-refractivity contribution in [1.82, 2.24) is 25.1 Å². The molecular weight excluding hydrogens is 326 g/mol. The van der Waals surface area contributed by atoms with E-state index in [0.29, 0.717) is 0 Å². The zero-order valence-electron chi connectivity index (χ0n) is 13.6. The molecule has 0 spiro atoms. The highest BCUT2D eigenvalue weighted by atomic mass is 16.4. The quantitative estimate of drug-likeness (QED) is 0.501. The van der Waals surface area contributed by atoms with Crippen LogP contribution in [0.4, 0.5) is 0 Å². The Bertz CT molecular complexity index is 829. The third-order valence-corrected chi connectivity index (χ3v) is 3.47. The Morgan fingerprint density at radius 2 is 2.04 bits per heavy atom. The van der Waals surface area contributed by atoms with Crippen LogP contribution in [-0.4, -0.2) is 55.5 Å². The molecule has 25 heavy (non-hydrogen) atoms. The van der Waals surface area contributed by atoms with Crippen LogP contribution in [0, 0.1) is 0 Å². The second-order valence-corrected chi connectivity index (χ2v) is 5.25. The van der Waals surface area contributed by atoms with E-state index < -0.39 is 11.9 Å². The number of fused-ring (bicyclic) bond motifs is 1. The Hall–Kier alpha value is -3.20. The summed E-state index contributed by atoms with van der Waals surface area (Å²) in [7, 11) is 1.98. The molecule has 0 aliphatic heterocycles. The zero-order chi connectivity index (χ0) is 18.2. The minimum absolute atomic E-state index is 0.757. The summed E-state index contributed by atoms with van der Waals surface area (Å²) in [4.78, 5) is 25.5. The lowest BCUT2D eigenvalue weighted by molar-refractivity contribution is -0.159. The third-order valence-electron chi connectivity index (χ3n) is 3.47. The van der Waals surface area contributed by atoms with Crippen LogP contribution >= 0.6 is 0 Å². The molecule has 0 atom stereocenters. The second-order valence-electron chi connectivity index (χ2n) is 5.25. The highest BCUT2D eigenvalue weighted by molar-refractivity contribution is 6.27. The Kier molecular flexibility index (Phi) is 6.24. The lowest BCUT2D eigenvalue weighted by Gasteiger charge is -2.03. The molecular formula is C16H19N5O4. The van der Waals surface area contributed by atoms with Gasteiger partial charge < -0.3 is 20.5 Å². The van der Waals surface area contributed by atoms with Crippen LogP contribution in [0.2, 0.25) is 0 Å². The molecule has 0 radical (unpaired) electrons. The second kappa shape index (κ2) is 8.60. The Balaban J connectivity index is 0.000000326. The van der Waals surface area contributed by atoms with E-state index in [4.69, 9.17) is 19.8 Å². The van der Waals surface area contributed by atoms with Crippen molar-refractivity contribution >= 4 is 22.8 Å². The van der Waals surface area contributed by atoms with E-state index in [1.807, 2.05) is 11.7 Å². The number of H-pyrrole nitrogens is 1. The van der Waals surface area contributed by atoms with Crippen LogP contribution in [0.1, 0.15) is 11.1 Å². The number of aromatic amines is 1. The lowest BCUT2D eigenvalue weighted by atomic mass is 10.1. The number of benzene rings is 1. The van der Waals surface area contributed by atoms with Crippen LogP contribution in [0.25, 0.3) is 10.9 Å². The number of aliphatic carboxylic acids is 2. The number of carbonyl (C=O) groups is 2. The summed E-state index contributed by atoms with van der Waals surface area (Å²) in [6, 6.07) is 6.49. The minimum atomic E-state index is -1.82. The van der Waals surface area contributed by atoms with Crippen molar-refractivity contribution in [2.24, 2.45) is 0 Å². The first kappa shape index (κ1) is 18.1. The number of nitrogens with zero attached hydrogens (tertiary/aromatic N) is 3. The van der Waals surface area contributed by atoms with Gasteiger partial charge >= 0.3 is 11.9 Å². The van der Waals surface area contributed by atoms with Gasteiger partial charge in [-0.15, -0.1) is 0 Å². The molecule has 2 heterocycles. The monoisotopic (exact) mass is 345 g/mol.